The number of H-pyrrole nitrogens is 1. The van der Waals surface area contributed by atoms with Crippen molar-refractivity contribution in [3.63, 3.8) is 0 Å². The van der Waals surface area contributed by atoms with Gasteiger partial charge in [0.05, 0.1) is 29.4 Å². The summed E-state index contributed by atoms with van der Waals surface area (Å²) in [5.41, 5.74) is 3.82. The minimum absolute atomic E-state index is 0.372. The van der Waals surface area contributed by atoms with Crippen molar-refractivity contribution in [3.05, 3.63) is 46.6 Å². The Balaban J connectivity index is 1.88. The van der Waals surface area contributed by atoms with E-state index >= 15 is 0 Å². The Labute approximate surface area is 145 Å². The van der Waals surface area contributed by atoms with Gasteiger partial charge in [-0.3, -0.25) is 0 Å². The summed E-state index contributed by atoms with van der Waals surface area (Å²) in [4.78, 5) is 24.1. The molecule has 0 bridgehead atoms. The molecule has 0 spiro atoms. The maximum absolute atomic E-state index is 11.7. The number of fused-ring (bicyclic) bond motifs is 2. The molecular formula is C17H13BrN4O2. The van der Waals surface area contributed by atoms with E-state index < -0.39 is 0 Å². The largest absolute Gasteiger partial charge is 0.465 e. The number of carbonyl (C=O) groups excluding carboxylic acids is 1. The lowest BCUT2D eigenvalue weighted by atomic mass is 10.2. The molecule has 0 radical (unpaired) electrons. The summed E-state index contributed by atoms with van der Waals surface area (Å²) < 4.78 is 7.52. The summed E-state index contributed by atoms with van der Waals surface area (Å²) in [5, 5.41) is 1.01. The summed E-state index contributed by atoms with van der Waals surface area (Å²) >= 11 is 3.37. The molecule has 7 heteroatoms. The van der Waals surface area contributed by atoms with Gasteiger partial charge in [0.15, 0.2) is 5.82 Å². The van der Waals surface area contributed by atoms with Crippen LogP contribution in [-0.2, 0) is 11.8 Å². The monoisotopic (exact) mass is 384 g/mol. The zero-order valence-corrected chi connectivity index (χ0v) is 14.6. The van der Waals surface area contributed by atoms with E-state index in [-0.39, 0.29) is 5.97 Å². The van der Waals surface area contributed by atoms with Crippen LogP contribution in [0, 0.1) is 0 Å². The number of pyridine rings is 1. The second kappa shape index (κ2) is 5.45. The molecule has 120 valence electrons. The van der Waals surface area contributed by atoms with Crippen molar-refractivity contribution in [1.82, 2.24) is 19.5 Å². The van der Waals surface area contributed by atoms with Crippen LogP contribution in [0.5, 0.6) is 0 Å². The average Bonchev–Trinajstić information content (AvgIpc) is 3.14. The number of nitrogens with zero attached hydrogens (tertiary/aromatic N) is 3. The third-order valence-electron chi connectivity index (χ3n) is 3.99. The fourth-order valence-electron chi connectivity index (χ4n) is 2.79. The summed E-state index contributed by atoms with van der Waals surface area (Å²) in [6.45, 7) is 0. The lowest BCUT2D eigenvalue weighted by Crippen LogP contribution is -2.00. The summed E-state index contributed by atoms with van der Waals surface area (Å²) in [5.74, 6) is 0.407. The predicted octanol–water partition coefficient (Wildman–Crippen LogP) is 3.67. The van der Waals surface area contributed by atoms with Crippen LogP contribution in [0.25, 0.3) is 33.6 Å². The first-order valence-electron chi connectivity index (χ1n) is 7.27. The van der Waals surface area contributed by atoms with E-state index in [1.807, 2.05) is 35.9 Å². The number of hydrogen-bond donors (Lipinski definition) is 1. The van der Waals surface area contributed by atoms with E-state index in [0.29, 0.717) is 5.56 Å². The number of rotatable bonds is 2. The second-order valence-electron chi connectivity index (χ2n) is 5.44. The molecule has 4 aromatic rings. The number of aromatic amines is 1. The quantitative estimate of drug-likeness (QED) is 0.422. The van der Waals surface area contributed by atoms with Crippen LogP contribution in [0.4, 0.5) is 0 Å². The van der Waals surface area contributed by atoms with Gasteiger partial charge in [0.2, 0.25) is 0 Å². The first kappa shape index (κ1) is 14.9. The number of hydrogen-bond acceptors (Lipinski definition) is 4. The van der Waals surface area contributed by atoms with Crippen molar-refractivity contribution in [2.75, 3.05) is 7.11 Å². The molecule has 0 aliphatic rings. The number of methoxy groups -OCH3 is 1. The minimum Gasteiger partial charge on any atom is -0.465 e. The molecule has 0 saturated carbocycles. The number of ether oxygens (including phenoxy) is 1. The van der Waals surface area contributed by atoms with Gasteiger partial charge in [0.1, 0.15) is 10.3 Å². The van der Waals surface area contributed by atoms with E-state index in [0.717, 1.165) is 38.2 Å². The first-order valence-corrected chi connectivity index (χ1v) is 8.06. The maximum Gasteiger partial charge on any atom is 0.337 e. The van der Waals surface area contributed by atoms with Crippen molar-refractivity contribution in [2.45, 2.75) is 0 Å². The number of benzene rings is 1. The molecule has 0 amide bonds. The van der Waals surface area contributed by atoms with Crippen molar-refractivity contribution in [1.29, 1.82) is 0 Å². The second-order valence-corrected chi connectivity index (χ2v) is 6.26. The molecule has 1 aromatic carbocycles. The minimum atomic E-state index is -0.372. The van der Waals surface area contributed by atoms with Gasteiger partial charge in [-0.15, -0.1) is 0 Å². The molecule has 3 aromatic heterocycles. The Kier molecular flexibility index (Phi) is 3.38. The molecule has 1 N–H and O–H groups in total. The van der Waals surface area contributed by atoms with Gasteiger partial charge < -0.3 is 14.3 Å². The highest BCUT2D eigenvalue weighted by molar-refractivity contribution is 9.10. The molecule has 0 fully saturated rings. The van der Waals surface area contributed by atoms with E-state index in [1.54, 1.807) is 12.1 Å². The Morgan fingerprint density at radius 2 is 2.04 bits per heavy atom. The fourth-order valence-corrected chi connectivity index (χ4v) is 3.10. The van der Waals surface area contributed by atoms with Crippen molar-refractivity contribution >= 4 is 44.0 Å². The zero-order chi connectivity index (χ0) is 16.8. The molecule has 24 heavy (non-hydrogen) atoms. The normalized spacial score (nSPS) is 11.3. The van der Waals surface area contributed by atoms with Crippen LogP contribution in [0.3, 0.4) is 0 Å². The van der Waals surface area contributed by atoms with Crippen molar-refractivity contribution in [2.24, 2.45) is 7.05 Å². The molecule has 3 heterocycles. The van der Waals surface area contributed by atoms with E-state index in [2.05, 4.69) is 30.9 Å². The van der Waals surface area contributed by atoms with Crippen molar-refractivity contribution < 1.29 is 9.53 Å². The van der Waals surface area contributed by atoms with Gasteiger partial charge in [-0.1, -0.05) is 0 Å². The molecule has 0 atom stereocenters. The number of aromatic nitrogens is 4. The zero-order valence-electron chi connectivity index (χ0n) is 13.0. The lowest BCUT2D eigenvalue weighted by molar-refractivity contribution is 0.0601. The van der Waals surface area contributed by atoms with Gasteiger partial charge in [-0.05, 0) is 52.3 Å². The third-order valence-corrected chi connectivity index (χ3v) is 4.43. The highest BCUT2D eigenvalue weighted by Gasteiger charge is 2.15. The lowest BCUT2D eigenvalue weighted by Gasteiger charge is -2.00. The van der Waals surface area contributed by atoms with Crippen LogP contribution in [-0.4, -0.2) is 32.6 Å². The Bertz CT molecular complexity index is 1100. The van der Waals surface area contributed by atoms with E-state index in [1.165, 1.54) is 7.11 Å². The topological polar surface area (TPSA) is 72.8 Å². The molecule has 6 nitrogen and oxygen atoms in total. The summed E-state index contributed by atoms with van der Waals surface area (Å²) in [7, 11) is 3.31. The number of carbonyl (C=O) groups is 1. The number of nitrogens with one attached hydrogen (secondary N) is 1. The third kappa shape index (κ3) is 2.28. The van der Waals surface area contributed by atoms with Crippen molar-refractivity contribution in [3.8, 4) is 11.5 Å². The molecular weight excluding hydrogens is 372 g/mol. The number of esters is 1. The molecule has 4 rings (SSSR count). The highest BCUT2D eigenvalue weighted by atomic mass is 79.9. The Hall–Kier alpha value is -2.67. The molecule has 0 saturated heterocycles. The fraction of sp³-hybridized carbons (Fsp3) is 0.118. The molecule has 0 aliphatic heterocycles. The summed E-state index contributed by atoms with van der Waals surface area (Å²) in [6.07, 6.45) is 0. The number of imidazole rings is 1. The average molecular weight is 385 g/mol. The van der Waals surface area contributed by atoms with Gasteiger partial charge >= 0.3 is 5.97 Å². The molecule has 0 unspecified atom stereocenters. The standard InChI is InChI=1S/C17H13BrN4O2/c1-22-13-5-3-10(17(23)24-2)8-11(13)20-16(22)12-7-9-4-6-14(18)21-15(9)19-12/h3-8H,1-2H3,(H,19,21). The summed E-state index contributed by atoms with van der Waals surface area (Å²) in [6, 6.07) is 11.3. The number of aryl methyl sites for hydroxylation is 1. The van der Waals surface area contributed by atoms with Crippen LogP contribution in [0.15, 0.2) is 41.0 Å². The van der Waals surface area contributed by atoms with Crippen LogP contribution >= 0.6 is 15.9 Å². The van der Waals surface area contributed by atoms with Crippen LogP contribution < -0.4 is 0 Å². The van der Waals surface area contributed by atoms with Gasteiger partial charge in [-0.25, -0.2) is 14.8 Å². The van der Waals surface area contributed by atoms with E-state index in [9.17, 15) is 4.79 Å². The number of halogens is 1. The van der Waals surface area contributed by atoms with Crippen LogP contribution in [0.2, 0.25) is 0 Å². The first-order chi connectivity index (χ1) is 11.6. The van der Waals surface area contributed by atoms with Gasteiger partial charge in [-0.2, -0.15) is 0 Å². The Morgan fingerprint density at radius 3 is 2.83 bits per heavy atom. The predicted molar refractivity (Wildman–Crippen MR) is 94.8 cm³/mol. The SMILES string of the molecule is COC(=O)c1ccc2c(c1)nc(-c1cc3ccc(Br)nc3[nH]1)n2C. The molecule has 0 aliphatic carbocycles. The van der Waals surface area contributed by atoms with Gasteiger partial charge in [0, 0.05) is 12.4 Å². The smallest absolute Gasteiger partial charge is 0.337 e. The van der Waals surface area contributed by atoms with Crippen LogP contribution in [0.1, 0.15) is 10.4 Å². The van der Waals surface area contributed by atoms with Gasteiger partial charge in [0.25, 0.3) is 0 Å². The highest BCUT2D eigenvalue weighted by Crippen LogP contribution is 2.27. The Morgan fingerprint density at radius 1 is 1.21 bits per heavy atom. The van der Waals surface area contributed by atoms with E-state index in [4.69, 9.17) is 4.74 Å². The maximum atomic E-state index is 11.7.